The van der Waals surface area contributed by atoms with Crippen LogP contribution in [0.15, 0.2) is 42.5 Å². The Hall–Kier alpha value is -3.41. The summed E-state index contributed by atoms with van der Waals surface area (Å²) in [6.07, 6.45) is 0. The van der Waals surface area contributed by atoms with Crippen molar-refractivity contribution < 1.29 is 14.4 Å². The Morgan fingerprint density at radius 1 is 0.815 bits per heavy atom. The number of hydrogen-bond acceptors (Lipinski definition) is 5. The lowest BCUT2D eigenvalue weighted by Gasteiger charge is -2.21. The molecule has 0 spiro atoms. The summed E-state index contributed by atoms with van der Waals surface area (Å²) in [7, 11) is 0. The maximum Gasteiger partial charge on any atom is 0.230 e. The van der Waals surface area contributed by atoms with Crippen LogP contribution in [0.3, 0.4) is 0 Å². The van der Waals surface area contributed by atoms with Crippen molar-refractivity contribution in [2.75, 3.05) is 4.90 Å². The molecule has 2 amide bonds. The Balaban J connectivity index is 2.33. The largest absolute Gasteiger partial charge is 0.287 e. The molecule has 3 aromatic rings. The second kappa shape index (κ2) is 7.07. The number of anilines is 1. The number of aryl methyl sites for hydroxylation is 2. The first kappa shape index (κ1) is 18.4. The van der Waals surface area contributed by atoms with Crippen LogP contribution in [0.2, 0.25) is 0 Å². The van der Waals surface area contributed by atoms with Gasteiger partial charge in [0.05, 0.1) is 11.2 Å². The Labute approximate surface area is 156 Å². The molecule has 2 aromatic carbocycles. The molecule has 0 atom stereocenters. The summed E-state index contributed by atoms with van der Waals surface area (Å²) in [5.74, 6) is -1.37. The Bertz CT molecular complexity index is 1060. The summed E-state index contributed by atoms with van der Waals surface area (Å²) < 4.78 is 0. The van der Waals surface area contributed by atoms with Crippen molar-refractivity contribution in [1.29, 1.82) is 0 Å². The zero-order chi connectivity index (χ0) is 19.7. The molecule has 0 bridgehead atoms. The quantitative estimate of drug-likeness (QED) is 0.668. The smallest absolute Gasteiger partial charge is 0.230 e. The minimum atomic E-state index is -0.490. The monoisotopic (exact) mass is 361 g/mol. The van der Waals surface area contributed by atoms with Crippen molar-refractivity contribution in [1.82, 2.24) is 10.2 Å². The van der Waals surface area contributed by atoms with E-state index in [1.165, 1.54) is 13.8 Å². The molecule has 1 heterocycles. The number of ketones is 1. The first-order valence-electron chi connectivity index (χ1n) is 8.49. The first-order chi connectivity index (χ1) is 12.8. The van der Waals surface area contributed by atoms with E-state index in [-0.39, 0.29) is 11.4 Å². The minimum absolute atomic E-state index is 0.0256. The van der Waals surface area contributed by atoms with Crippen LogP contribution in [0.5, 0.6) is 0 Å². The van der Waals surface area contributed by atoms with E-state index in [2.05, 4.69) is 10.2 Å². The summed E-state index contributed by atoms with van der Waals surface area (Å²) >= 11 is 0. The number of rotatable bonds is 3. The zero-order valence-electron chi connectivity index (χ0n) is 15.6. The van der Waals surface area contributed by atoms with Crippen molar-refractivity contribution in [2.24, 2.45) is 0 Å². The van der Waals surface area contributed by atoms with Gasteiger partial charge in [-0.05, 0) is 26.0 Å². The summed E-state index contributed by atoms with van der Waals surface area (Å²) in [5, 5.41) is 8.74. The maximum atomic E-state index is 13.1. The van der Waals surface area contributed by atoms with E-state index < -0.39 is 17.6 Å². The molecule has 6 heteroatoms. The van der Waals surface area contributed by atoms with Gasteiger partial charge >= 0.3 is 0 Å². The molecule has 27 heavy (non-hydrogen) atoms. The standard InChI is InChI=1S/C21H19N3O3/c1-12-5-8-16(9-6-12)21(27)19-20(24(14(3)25)15(4)26)17-11-13(2)7-10-18(17)22-23-19/h5-11H,1-4H3. The predicted molar refractivity (Wildman–Crippen MR) is 103 cm³/mol. The molecule has 0 saturated carbocycles. The number of fused-ring (bicyclic) bond motifs is 1. The van der Waals surface area contributed by atoms with Gasteiger partial charge in [-0.3, -0.25) is 14.4 Å². The van der Waals surface area contributed by atoms with Crippen molar-refractivity contribution in [2.45, 2.75) is 27.7 Å². The fourth-order valence-electron chi connectivity index (χ4n) is 2.96. The predicted octanol–water partition coefficient (Wildman–Crippen LogP) is 3.38. The van der Waals surface area contributed by atoms with Crippen molar-refractivity contribution in [3.05, 3.63) is 64.8 Å². The van der Waals surface area contributed by atoms with Crippen LogP contribution in [0, 0.1) is 13.8 Å². The SMILES string of the molecule is CC(=O)N(C(C)=O)c1c(C(=O)c2ccc(C)cc2)nnc2ccc(C)cc12. The van der Waals surface area contributed by atoms with E-state index in [1.54, 1.807) is 24.3 Å². The maximum absolute atomic E-state index is 13.1. The van der Waals surface area contributed by atoms with Gasteiger partial charge in [0.25, 0.3) is 0 Å². The average molecular weight is 361 g/mol. The average Bonchev–Trinajstić information content (AvgIpc) is 2.61. The summed E-state index contributed by atoms with van der Waals surface area (Å²) in [6.45, 7) is 6.37. The number of carbonyl (C=O) groups excluding carboxylic acids is 3. The zero-order valence-corrected chi connectivity index (χ0v) is 15.6. The van der Waals surface area contributed by atoms with Gasteiger partial charge in [0.15, 0.2) is 5.69 Å². The van der Waals surface area contributed by atoms with Gasteiger partial charge in [0.1, 0.15) is 0 Å². The minimum Gasteiger partial charge on any atom is -0.287 e. The number of amides is 2. The lowest BCUT2D eigenvalue weighted by Crippen LogP contribution is -2.35. The van der Waals surface area contributed by atoms with E-state index in [0.29, 0.717) is 16.5 Å². The van der Waals surface area contributed by atoms with Crippen LogP contribution in [-0.2, 0) is 9.59 Å². The Morgan fingerprint density at radius 3 is 2.00 bits per heavy atom. The van der Waals surface area contributed by atoms with E-state index in [0.717, 1.165) is 16.0 Å². The fourth-order valence-corrected chi connectivity index (χ4v) is 2.96. The molecule has 1 aromatic heterocycles. The van der Waals surface area contributed by atoms with Crippen LogP contribution in [0.25, 0.3) is 10.9 Å². The molecule has 0 aliphatic carbocycles. The normalized spacial score (nSPS) is 10.7. The first-order valence-corrected chi connectivity index (χ1v) is 8.49. The topological polar surface area (TPSA) is 80.2 Å². The third-order valence-corrected chi connectivity index (χ3v) is 4.27. The molecule has 0 N–H and O–H groups in total. The van der Waals surface area contributed by atoms with Crippen LogP contribution >= 0.6 is 0 Å². The van der Waals surface area contributed by atoms with E-state index in [9.17, 15) is 14.4 Å². The molecule has 0 aliphatic rings. The molecule has 0 unspecified atom stereocenters. The Kier molecular flexibility index (Phi) is 4.81. The van der Waals surface area contributed by atoms with Gasteiger partial charge in [0, 0.05) is 24.8 Å². The highest BCUT2D eigenvalue weighted by Gasteiger charge is 2.28. The van der Waals surface area contributed by atoms with Crippen molar-refractivity contribution in [3.63, 3.8) is 0 Å². The van der Waals surface area contributed by atoms with Crippen LogP contribution in [0.4, 0.5) is 5.69 Å². The molecule has 0 aliphatic heterocycles. The van der Waals surface area contributed by atoms with Crippen LogP contribution < -0.4 is 4.90 Å². The summed E-state index contributed by atoms with van der Waals surface area (Å²) in [4.78, 5) is 38.5. The molecule has 0 saturated heterocycles. The highest BCUT2D eigenvalue weighted by Crippen LogP contribution is 2.31. The van der Waals surface area contributed by atoms with Gasteiger partial charge in [0.2, 0.25) is 17.6 Å². The number of aromatic nitrogens is 2. The van der Waals surface area contributed by atoms with Gasteiger partial charge < -0.3 is 0 Å². The molecule has 0 radical (unpaired) electrons. The summed E-state index contributed by atoms with van der Waals surface area (Å²) in [5.41, 5.74) is 2.99. The molecule has 3 rings (SSSR count). The van der Waals surface area contributed by atoms with Gasteiger partial charge in [-0.1, -0.05) is 41.5 Å². The number of carbonyl (C=O) groups is 3. The van der Waals surface area contributed by atoms with Crippen molar-refractivity contribution in [3.8, 4) is 0 Å². The third-order valence-electron chi connectivity index (χ3n) is 4.27. The number of hydrogen-bond donors (Lipinski definition) is 0. The third kappa shape index (κ3) is 3.46. The second-order valence-corrected chi connectivity index (χ2v) is 6.49. The lowest BCUT2D eigenvalue weighted by atomic mass is 10.0. The number of benzene rings is 2. The van der Waals surface area contributed by atoms with E-state index >= 15 is 0 Å². The highest BCUT2D eigenvalue weighted by molar-refractivity contribution is 6.23. The highest BCUT2D eigenvalue weighted by atomic mass is 16.2. The van der Waals surface area contributed by atoms with Gasteiger partial charge in [-0.15, -0.1) is 10.2 Å². The Morgan fingerprint density at radius 2 is 1.41 bits per heavy atom. The van der Waals surface area contributed by atoms with Crippen molar-refractivity contribution >= 4 is 34.2 Å². The van der Waals surface area contributed by atoms with E-state index in [1.807, 2.05) is 32.0 Å². The van der Waals surface area contributed by atoms with Gasteiger partial charge in [-0.25, -0.2) is 4.90 Å². The summed E-state index contributed by atoms with van der Waals surface area (Å²) in [6, 6.07) is 12.4. The molecular weight excluding hydrogens is 342 g/mol. The van der Waals surface area contributed by atoms with Gasteiger partial charge in [-0.2, -0.15) is 0 Å². The number of imide groups is 1. The van der Waals surface area contributed by atoms with Crippen LogP contribution in [-0.4, -0.2) is 27.8 Å². The van der Waals surface area contributed by atoms with Crippen LogP contribution in [0.1, 0.15) is 41.0 Å². The number of nitrogens with zero attached hydrogens (tertiary/aromatic N) is 3. The van der Waals surface area contributed by atoms with E-state index in [4.69, 9.17) is 0 Å². The molecule has 0 fully saturated rings. The molecular formula is C21H19N3O3. The lowest BCUT2D eigenvalue weighted by molar-refractivity contribution is -0.124. The molecule has 136 valence electrons. The second-order valence-electron chi connectivity index (χ2n) is 6.49. The fraction of sp³-hybridized carbons (Fsp3) is 0.190. The molecule has 6 nitrogen and oxygen atoms in total.